The van der Waals surface area contributed by atoms with E-state index in [1.807, 2.05) is 13.8 Å². The molecule has 2 atom stereocenters. The Labute approximate surface area is 115 Å². The molecule has 0 heteroatoms. The van der Waals surface area contributed by atoms with E-state index in [9.17, 15) is 0 Å². The Morgan fingerprint density at radius 1 is 0.722 bits per heavy atom. The van der Waals surface area contributed by atoms with Gasteiger partial charge >= 0.3 is 0 Å². The molecule has 2 unspecified atom stereocenters. The fourth-order valence-electron chi connectivity index (χ4n) is 1.90. The van der Waals surface area contributed by atoms with Crippen LogP contribution in [0.15, 0.2) is 24.3 Å². The molecule has 104 valence electrons. The normalized spacial score (nSPS) is 13.4. The first-order valence-electron chi connectivity index (χ1n) is 7.73. The van der Waals surface area contributed by atoms with Crippen molar-refractivity contribution >= 4 is 0 Å². The van der Waals surface area contributed by atoms with Crippen molar-refractivity contribution < 1.29 is 0 Å². The average molecular weight is 248 g/mol. The molecule has 0 radical (unpaired) electrons. The first-order valence-corrected chi connectivity index (χ1v) is 7.73. The van der Waals surface area contributed by atoms with Crippen molar-refractivity contribution in [1.82, 2.24) is 0 Å². The van der Waals surface area contributed by atoms with E-state index >= 15 is 0 Å². The Morgan fingerprint density at radius 2 is 1.00 bits per heavy atom. The Balaban J connectivity index is 0.00000137. The minimum Gasteiger partial charge on any atom is -0.0683 e. The summed E-state index contributed by atoms with van der Waals surface area (Å²) in [5, 5.41) is 0. The van der Waals surface area contributed by atoms with Gasteiger partial charge < -0.3 is 0 Å². The van der Waals surface area contributed by atoms with Gasteiger partial charge in [-0.05, 0) is 35.8 Å². The van der Waals surface area contributed by atoms with E-state index in [-0.39, 0.29) is 0 Å². The van der Waals surface area contributed by atoms with Gasteiger partial charge in [-0.15, -0.1) is 0 Å². The summed E-state index contributed by atoms with van der Waals surface area (Å²) < 4.78 is 0. The standard InChI is InChI=1S/C16H26.C2H6/c1-5-13(3)11-15-7-9-16(10-8-15)12-14(4)6-2;1-2/h7-10,13-14H,5-6,11-12H2,1-4H3;1-2H3. The summed E-state index contributed by atoms with van der Waals surface area (Å²) in [6, 6.07) is 9.24. The number of hydrogen-bond donors (Lipinski definition) is 0. The zero-order valence-corrected chi connectivity index (χ0v) is 13.3. The first kappa shape index (κ1) is 17.2. The molecule has 0 aromatic heterocycles. The van der Waals surface area contributed by atoms with Crippen molar-refractivity contribution in [3.8, 4) is 0 Å². The highest BCUT2D eigenvalue weighted by Crippen LogP contribution is 2.15. The van der Waals surface area contributed by atoms with Crippen LogP contribution < -0.4 is 0 Å². The number of benzene rings is 1. The highest BCUT2D eigenvalue weighted by Gasteiger charge is 2.03. The highest BCUT2D eigenvalue weighted by atomic mass is 14.1. The van der Waals surface area contributed by atoms with Crippen molar-refractivity contribution in [2.45, 2.75) is 67.2 Å². The Hall–Kier alpha value is -0.780. The van der Waals surface area contributed by atoms with Crippen molar-refractivity contribution in [3.63, 3.8) is 0 Å². The third-order valence-corrected chi connectivity index (χ3v) is 3.59. The van der Waals surface area contributed by atoms with Crippen molar-refractivity contribution in [1.29, 1.82) is 0 Å². The van der Waals surface area contributed by atoms with Gasteiger partial charge in [-0.3, -0.25) is 0 Å². The SMILES string of the molecule is CC.CCC(C)Cc1ccc(CC(C)CC)cc1. The van der Waals surface area contributed by atoms with E-state index in [0.717, 1.165) is 11.8 Å². The van der Waals surface area contributed by atoms with Crippen LogP contribution in [0, 0.1) is 11.8 Å². The summed E-state index contributed by atoms with van der Waals surface area (Å²) >= 11 is 0. The monoisotopic (exact) mass is 248 g/mol. The molecular weight excluding hydrogens is 216 g/mol. The molecule has 1 aromatic carbocycles. The summed E-state index contributed by atoms with van der Waals surface area (Å²) in [5.41, 5.74) is 2.98. The van der Waals surface area contributed by atoms with Gasteiger partial charge in [0.2, 0.25) is 0 Å². The molecule has 0 aliphatic carbocycles. The Kier molecular flexibility index (Phi) is 9.73. The predicted molar refractivity (Wildman–Crippen MR) is 84.1 cm³/mol. The van der Waals surface area contributed by atoms with Gasteiger partial charge in [-0.2, -0.15) is 0 Å². The highest BCUT2D eigenvalue weighted by molar-refractivity contribution is 5.23. The fourth-order valence-corrected chi connectivity index (χ4v) is 1.90. The maximum absolute atomic E-state index is 2.33. The second-order valence-corrected chi connectivity index (χ2v) is 5.25. The van der Waals surface area contributed by atoms with E-state index in [0.29, 0.717) is 0 Å². The topological polar surface area (TPSA) is 0 Å². The minimum absolute atomic E-state index is 0.806. The number of rotatable bonds is 6. The van der Waals surface area contributed by atoms with Crippen LogP contribution in [-0.4, -0.2) is 0 Å². The fraction of sp³-hybridized carbons (Fsp3) is 0.667. The molecule has 18 heavy (non-hydrogen) atoms. The molecule has 0 spiro atoms. The Morgan fingerprint density at radius 3 is 1.22 bits per heavy atom. The van der Waals surface area contributed by atoms with Gasteiger partial charge in [0.25, 0.3) is 0 Å². The van der Waals surface area contributed by atoms with E-state index in [2.05, 4.69) is 52.0 Å². The lowest BCUT2D eigenvalue weighted by atomic mass is 9.95. The molecule has 0 aliphatic heterocycles. The lowest BCUT2D eigenvalue weighted by Gasteiger charge is -2.11. The molecule has 0 nitrogen and oxygen atoms in total. The van der Waals surface area contributed by atoms with Crippen LogP contribution in [0.1, 0.15) is 65.5 Å². The molecule has 0 fully saturated rings. The van der Waals surface area contributed by atoms with Gasteiger partial charge in [0.1, 0.15) is 0 Å². The van der Waals surface area contributed by atoms with Gasteiger partial charge in [0.05, 0.1) is 0 Å². The van der Waals surface area contributed by atoms with Crippen molar-refractivity contribution in [2.75, 3.05) is 0 Å². The van der Waals surface area contributed by atoms with Crippen LogP contribution >= 0.6 is 0 Å². The van der Waals surface area contributed by atoms with Crippen LogP contribution in [-0.2, 0) is 12.8 Å². The van der Waals surface area contributed by atoms with Crippen LogP contribution in [0.3, 0.4) is 0 Å². The largest absolute Gasteiger partial charge is 0.0683 e. The summed E-state index contributed by atoms with van der Waals surface area (Å²) in [5.74, 6) is 1.61. The minimum atomic E-state index is 0.806. The second kappa shape index (κ2) is 10.2. The summed E-state index contributed by atoms with van der Waals surface area (Å²) in [7, 11) is 0. The molecule has 0 heterocycles. The van der Waals surface area contributed by atoms with E-state index in [4.69, 9.17) is 0 Å². The molecule has 1 rings (SSSR count). The van der Waals surface area contributed by atoms with Crippen LogP contribution in [0.4, 0.5) is 0 Å². The number of hydrogen-bond acceptors (Lipinski definition) is 0. The van der Waals surface area contributed by atoms with Gasteiger partial charge in [-0.25, -0.2) is 0 Å². The van der Waals surface area contributed by atoms with Gasteiger partial charge in [0, 0.05) is 0 Å². The van der Waals surface area contributed by atoms with E-state index in [1.54, 1.807) is 0 Å². The predicted octanol–water partition coefficient (Wildman–Crippen LogP) is 5.89. The molecule has 0 bridgehead atoms. The third kappa shape index (κ3) is 6.83. The molecule has 1 aromatic rings. The van der Waals surface area contributed by atoms with Gasteiger partial charge in [0.15, 0.2) is 0 Å². The van der Waals surface area contributed by atoms with Crippen LogP contribution in [0.5, 0.6) is 0 Å². The van der Waals surface area contributed by atoms with Gasteiger partial charge in [-0.1, -0.05) is 78.6 Å². The van der Waals surface area contributed by atoms with Crippen molar-refractivity contribution in [2.24, 2.45) is 11.8 Å². The molecule has 0 saturated carbocycles. The van der Waals surface area contributed by atoms with E-state index in [1.165, 1.54) is 36.8 Å². The maximum Gasteiger partial charge on any atom is -0.0253 e. The maximum atomic E-state index is 2.33. The summed E-state index contributed by atoms with van der Waals surface area (Å²) in [6.45, 7) is 13.2. The van der Waals surface area contributed by atoms with E-state index < -0.39 is 0 Å². The van der Waals surface area contributed by atoms with Crippen molar-refractivity contribution in [3.05, 3.63) is 35.4 Å². The first-order chi connectivity index (χ1) is 8.65. The Bertz CT molecular complexity index is 252. The molecule has 0 saturated heterocycles. The molecule has 0 aliphatic rings. The summed E-state index contributed by atoms with van der Waals surface area (Å²) in [6.07, 6.45) is 4.99. The zero-order chi connectivity index (χ0) is 14.0. The lowest BCUT2D eigenvalue weighted by molar-refractivity contribution is 0.555. The quantitative estimate of drug-likeness (QED) is 0.589. The average Bonchev–Trinajstić information content (AvgIpc) is 2.43. The summed E-state index contributed by atoms with van der Waals surface area (Å²) in [4.78, 5) is 0. The molecule has 0 amide bonds. The third-order valence-electron chi connectivity index (χ3n) is 3.59. The van der Waals surface area contributed by atoms with Crippen LogP contribution in [0.25, 0.3) is 0 Å². The lowest BCUT2D eigenvalue weighted by Crippen LogP contribution is -2.00. The van der Waals surface area contributed by atoms with Crippen LogP contribution in [0.2, 0.25) is 0 Å². The molecular formula is C18H32. The zero-order valence-electron chi connectivity index (χ0n) is 13.3. The molecule has 0 N–H and O–H groups in total. The smallest absolute Gasteiger partial charge is 0.0253 e. The second-order valence-electron chi connectivity index (χ2n) is 5.25.